The van der Waals surface area contributed by atoms with Crippen molar-refractivity contribution in [3.8, 4) is 0 Å². The average Bonchev–Trinajstić information content (AvgIpc) is 2.92. The second kappa shape index (κ2) is 3.82. The van der Waals surface area contributed by atoms with E-state index in [2.05, 4.69) is 22.5 Å². The summed E-state index contributed by atoms with van der Waals surface area (Å²) >= 11 is 7.16. The predicted molar refractivity (Wildman–Crippen MR) is 68.5 cm³/mol. The Bertz CT molecular complexity index is 511. The molecule has 5 heteroatoms. The molecule has 1 aromatic rings. The molecule has 3 nitrogen and oxygen atoms in total. The lowest BCUT2D eigenvalue weighted by atomic mass is 9.99. The predicted octanol–water partition coefficient (Wildman–Crippen LogP) is 2.94. The van der Waals surface area contributed by atoms with E-state index in [0.717, 1.165) is 17.7 Å². The summed E-state index contributed by atoms with van der Waals surface area (Å²) in [7, 11) is 0. The van der Waals surface area contributed by atoms with Gasteiger partial charge in [0.15, 0.2) is 4.47 Å². The normalized spacial score (nSPS) is 29.9. The number of aromatic nitrogens is 1. The van der Waals surface area contributed by atoms with Crippen LogP contribution in [-0.2, 0) is 0 Å². The van der Waals surface area contributed by atoms with E-state index in [0.29, 0.717) is 16.1 Å². The van der Waals surface area contributed by atoms with Gasteiger partial charge >= 0.3 is 0 Å². The van der Waals surface area contributed by atoms with Crippen molar-refractivity contribution in [2.75, 3.05) is 0 Å². The van der Waals surface area contributed by atoms with Gasteiger partial charge < -0.3 is 5.32 Å². The Balaban J connectivity index is 1.80. The van der Waals surface area contributed by atoms with Crippen molar-refractivity contribution in [2.24, 2.45) is 5.92 Å². The molecular formula is C12H13ClN2OS. The van der Waals surface area contributed by atoms with Gasteiger partial charge in [-0.25, -0.2) is 4.98 Å². The number of thiazole rings is 1. The maximum absolute atomic E-state index is 12.2. The summed E-state index contributed by atoms with van der Waals surface area (Å²) in [5.74, 6) is 0.549. The molecule has 3 rings (SSSR count). The zero-order valence-electron chi connectivity index (χ0n) is 9.50. The van der Waals surface area contributed by atoms with Gasteiger partial charge in [0.1, 0.15) is 5.69 Å². The number of nitrogens with one attached hydrogen (secondary N) is 1. The van der Waals surface area contributed by atoms with Crippen molar-refractivity contribution >= 4 is 28.8 Å². The van der Waals surface area contributed by atoms with E-state index < -0.39 is 0 Å². The monoisotopic (exact) mass is 268 g/mol. The molecule has 2 aliphatic rings. The molecule has 90 valence electrons. The van der Waals surface area contributed by atoms with Gasteiger partial charge in [-0.05, 0) is 32.1 Å². The van der Waals surface area contributed by atoms with Crippen LogP contribution in [0.4, 0.5) is 0 Å². The first-order valence-corrected chi connectivity index (χ1v) is 6.92. The van der Waals surface area contributed by atoms with Crippen LogP contribution in [-0.4, -0.2) is 16.4 Å². The second-order valence-corrected chi connectivity index (χ2v) is 6.63. The summed E-state index contributed by atoms with van der Waals surface area (Å²) in [4.78, 5) is 17.1. The molecule has 0 spiro atoms. The first-order valence-electron chi connectivity index (χ1n) is 5.73. The van der Waals surface area contributed by atoms with E-state index in [4.69, 9.17) is 11.6 Å². The lowest BCUT2D eigenvalue weighted by molar-refractivity contribution is 0.0914. The number of carbonyl (C=O) groups is 1. The molecule has 1 aromatic heterocycles. The highest BCUT2D eigenvalue weighted by Crippen LogP contribution is 2.42. The minimum absolute atomic E-state index is 0.0992. The fourth-order valence-corrected chi connectivity index (χ4v) is 3.82. The molecule has 1 amide bonds. The van der Waals surface area contributed by atoms with Crippen LogP contribution < -0.4 is 5.32 Å². The quantitative estimate of drug-likeness (QED) is 0.838. The van der Waals surface area contributed by atoms with E-state index in [-0.39, 0.29) is 11.4 Å². The molecule has 1 heterocycles. The zero-order valence-corrected chi connectivity index (χ0v) is 11.1. The molecule has 1 saturated carbocycles. The SMILES string of the molecule is Cc1sc(Cl)nc1C(=O)NC12C=CC(CC1)C2. The van der Waals surface area contributed by atoms with Crippen molar-refractivity contribution in [2.45, 2.75) is 31.7 Å². The third-order valence-corrected chi connectivity index (χ3v) is 4.70. The van der Waals surface area contributed by atoms with Crippen LogP contribution >= 0.6 is 22.9 Å². The maximum atomic E-state index is 12.2. The number of hydrogen-bond donors (Lipinski definition) is 1. The molecule has 1 N–H and O–H groups in total. The Hall–Kier alpha value is -0.870. The van der Waals surface area contributed by atoms with Crippen LogP contribution in [0.1, 0.15) is 34.6 Å². The molecule has 2 atom stereocenters. The van der Waals surface area contributed by atoms with Gasteiger partial charge in [-0.2, -0.15) is 0 Å². The van der Waals surface area contributed by atoms with E-state index in [1.165, 1.54) is 17.8 Å². The molecule has 0 saturated heterocycles. The molecule has 2 bridgehead atoms. The van der Waals surface area contributed by atoms with Crippen LogP contribution in [0.15, 0.2) is 12.2 Å². The van der Waals surface area contributed by atoms with Crippen molar-refractivity contribution < 1.29 is 4.79 Å². The number of fused-ring (bicyclic) bond motifs is 2. The minimum Gasteiger partial charge on any atom is -0.342 e. The Labute approximate surface area is 109 Å². The van der Waals surface area contributed by atoms with Gasteiger partial charge in [-0.1, -0.05) is 23.8 Å². The van der Waals surface area contributed by atoms with E-state index in [1.807, 2.05) is 6.92 Å². The van der Waals surface area contributed by atoms with Crippen molar-refractivity contribution in [1.82, 2.24) is 10.3 Å². The Morgan fingerprint density at radius 2 is 2.53 bits per heavy atom. The summed E-state index contributed by atoms with van der Waals surface area (Å²) in [6.07, 6.45) is 7.60. The lowest BCUT2D eigenvalue weighted by Gasteiger charge is -2.24. The first-order chi connectivity index (χ1) is 8.08. The molecule has 1 fully saturated rings. The number of amides is 1. The Kier molecular flexibility index (Phi) is 2.52. The zero-order chi connectivity index (χ0) is 12.0. The number of carbonyl (C=O) groups excluding carboxylic acids is 1. The fourth-order valence-electron chi connectivity index (χ4n) is 2.77. The topological polar surface area (TPSA) is 42.0 Å². The number of aryl methyl sites for hydroxylation is 1. The smallest absolute Gasteiger partial charge is 0.271 e. The number of nitrogens with zero attached hydrogens (tertiary/aromatic N) is 1. The number of allylic oxidation sites excluding steroid dienone is 1. The van der Waals surface area contributed by atoms with Gasteiger partial charge in [-0.15, -0.1) is 11.3 Å². The van der Waals surface area contributed by atoms with Crippen molar-refractivity contribution in [1.29, 1.82) is 0 Å². The van der Waals surface area contributed by atoms with Crippen molar-refractivity contribution in [3.05, 3.63) is 27.2 Å². The first kappa shape index (κ1) is 11.2. The van der Waals surface area contributed by atoms with Crippen LogP contribution in [0, 0.1) is 12.8 Å². The van der Waals surface area contributed by atoms with Crippen LogP contribution in [0.25, 0.3) is 0 Å². The Morgan fingerprint density at radius 3 is 3.00 bits per heavy atom. The van der Waals surface area contributed by atoms with Gasteiger partial charge in [0.05, 0.1) is 5.54 Å². The summed E-state index contributed by atoms with van der Waals surface area (Å²) in [6, 6.07) is 0. The third-order valence-electron chi connectivity index (χ3n) is 3.62. The molecule has 2 aliphatic carbocycles. The van der Waals surface area contributed by atoms with Gasteiger partial charge in [0, 0.05) is 4.88 Å². The second-order valence-electron chi connectivity index (χ2n) is 4.84. The molecule has 0 aliphatic heterocycles. The molecular weight excluding hydrogens is 256 g/mol. The molecule has 0 radical (unpaired) electrons. The summed E-state index contributed by atoms with van der Waals surface area (Å²) < 4.78 is 0.427. The fraction of sp³-hybridized carbons (Fsp3) is 0.500. The standard InChI is InChI=1S/C12H13ClN2OS/c1-7-9(14-11(13)17-7)10(16)15-12-4-2-8(6-12)3-5-12/h2,4,8H,3,5-6H2,1H3,(H,15,16). The number of halogens is 1. The van der Waals surface area contributed by atoms with E-state index in [1.54, 1.807) is 0 Å². The third kappa shape index (κ3) is 1.89. The minimum atomic E-state index is -0.121. The largest absolute Gasteiger partial charge is 0.342 e. The highest BCUT2D eigenvalue weighted by molar-refractivity contribution is 7.15. The molecule has 2 unspecified atom stereocenters. The van der Waals surface area contributed by atoms with Crippen LogP contribution in [0.3, 0.4) is 0 Å². The number of hydrogen-bond acceptors (Lipinski definition) is 3. The maximum Gasteiger partial charge on any atom is 0.271 e. The Morgan fingerprint density at radius 1 is 1.71 bits per heavy atom. The summed E-state index contributed by atoms with van der Waals surface area (Å²) in [5, 5.41) is 3.11. The summed E-state index contributed by atoms with van der Waals surface area (Å²) in [5.41, 5.74) is 0.350. The molecule has 0 aromatic carbocycles. The highest BCUT2D eigenvalue weighted by Gasteiger charge is 2.42. The van der Waals surface area contributed by atoms with Crippen molar-refractivity contribution in [3.63, 3.8) is 0 Å². The number of rotatable bonds is 2. The average molecular weight is 269 g/mol. The highest BCUT2D eigenvalue weighted by atomic mass is 35.5. The van der Waals surface area contributed by atoms with Crippen LogP contribution in [0.2, 0.25) is 4.47 Å². The molecule has 17 heavy (non-hydrogen) atoms. The van der Waals surface area contributed by atoms with Gasteiger partial charge in [0.2, 0.25) is 0 Å². The van der Waals surface area contributed by atoms with Crippen LogP contribution in [0.5, 0.6) is 0 Å². The van der Waals surface area contributed by atoms with Gasteiger partial charge in [0.25, 0.3) is 5.91 Å². The lowest BCUT2D eigenvalue weighted by Crippen LogP contribution is -2.44. The summed E-state index contributed by atoms with van der Waals surface area (Å²) in [6.45, 7) is 1.87. The van der Waals surface area contributed by atoms with E-state index in [9.17, 15) is 4.79 Å². The van der Waals surface area contributed by atoms with E-state index >= 15 is 0 Å². The van der Waals surface area contributed by atoms with Gasteiger partial charge in [-0.3, -0.25) is 4.79 Å².